The lowest BCUT2D eigenvalue weighted by atomic mass is 10.1. The third kappa shape index (κ3) is 4.05. The first kappa shape index (κ1) is 18.8. The van der Waals surface area contributed by atoms with Gasteiger partial charge in [-0.15, -0.1) is 0 Å². The number of aromatic nitrogens is 2. The van der Waals surface area contributed by atoms with Gasteiger partial charge in [0.1, 0.15) is 0 Å². The second-order valence-corrected chi connectivity index (χ2v) is 6.23. The summed E-state index contributed by atoms with van der Waals surface area (Å²) in [5.41, 5.74) is 1.07. The quantitative estimate of drug-likeness (QED) is 0.755. The van der Waals surface area contributed by atoms with Gasteiger partial charge < -0.3 is 19.5 Å². The zero-order valence-corrected chi connectivity index (χ0v) is 15.7. The van der Waals surface area contributed by atoms with Crippen molar-refractivity contribution in [2.75, 3.05) is 27.9 Å². The number of nitrogens with one attached hydrogen (secondary N) is 1. The van der Waals surface area contributed by atoms with E-state index in [1.54, 1.807) is 18.2 Å². The number of rotatable bonds is 8. The molecule has 8 nitrogen and oxygen atoms in total. The standard InChI is InChI=1S/C19H23N3O5/c1-25-15-8-6-13(17(26-2)18(15)27-3)19(24)20-10-11-22-16(23)9-7-14(21-22)12-4-5-12/h6-9,12H,4-5,10-11H2,1-3H3,(H,20,24). The molecule has 27 heavy (non-hydrogen) atoms. The Balaban J connectivity index is 1.69. The Morgan fingerprint density at radius 1 is 1.11 bits per heavy atom. The van der Waals surface area contributed by atoms with Crippen LogP contribution >= 0.6 is 0 Å². The van der Waals surface area contributed by atoms with Crippen molar-refractivity contribution in [1.29, 1.82) is 0 Å². The summed E-state index contributed by atoms with van der Waals surface area (Å²) in [4.78, 5) is 24.5. The number of carbonyl (C=O) groups is 1. The van der Waals surface area contributed by atoms with Crippen LogP contribution in [0.25, 0.3) is 0 Å². The highest BCUT2D eigenvalue weighted by Gasteiger charge is 2.25. The van der Waals surface area contributed by atoms with Gasteiger partial charge in [-0.3, -0.25) is 9.59 Å². The first-order valence-electron chi connectivity index (χ1n) is 8.74. The van der Waals surface area contributed by atoms with Crippen LogP contribution in [0.1, 0.15) is 34.8 Å². The van der Waals surface area contributed by atoms with Gasteiger partial charge in [-0.25, -0.2) is 4.68 Å². The number of amides is 1. The Morgan fingerprint density at radius 2 is 1.85 bits per heavy atom. The topological polar surface area (TPSA) is 91.7 Å². The molecule has 1 saturated carbocycles. The third-order valence-electron chi connectivity index (χ3n) is 4.44. The molecule has 0 aliphatic heterocycles. The molecule has 0 radical (unpaired) electrons. The van der Waals surface area contributed by atoms with Crippen molar-refractivity contribution in [2.45, 2.75) is 25.3 Å². The zero-order valence-electron chi connectivity index (χ0n) is 15.7. The van der Waals surface area contributed by atoms with E-state index in [9.17, 15) is 9.59 Å². The number of nitrogens with zero attached hydrogens (tertiary/aromatic N) is 2. The van der Waals surface area contributed by atoms with Gasteiger partial charge in [-0.05, 0) is 31.0 Å². The molecule has 3 rings (SSSR count). The first-order valence-corrected chi connectivity index (χ1v) is 8.74. The van der Waals surface area contributed by atoms with Gasteiger partial charge in [0.15, 0.2) is 11.5 Å². The Kier molecular flexibility index (Phi) is 5.63. The van der Waals surface area contributed by atoms with Gasteiger partial charge in [0.2, 0.25) is 5.75 Å². The van der Waals surface area contributed by atoms with Gasteiger partial charge in [0.05, 0.1) is 39.1 Å². The van der Waals surface area contributed by atoms with Gasteiger partial charge in [-0.1, -0.05) is 0 Å². The van der Waals surface area contributed by atoms with E-state index >= 15 is 0 Å². The molecule has 0 bridgehead atoms. The number of ether oxygens (including phenoxy) is 3. The highest BCUT2D eigenvalue weighted by Crippen LogP contribution is 2.39. The molecule has 2 aromatic rings. The van der Waals surface area contributed by atoms with E-state index < -0.39 is 0 Å². The largest absolute Gasteiger partial charge is 0.493 e. The van der Waals surface area contributed by atoms with Crippen LogP contribution in [0.2, 0.25) is 0 Å². The van der Waals surface area contributed by atoms with Crippen molar-refractivity contribution in [3.05, 3.63) is 45.9 Å². The van der Waals surface area contributed by atoms with Crippen LogP contribution in [0.3, 0.4) is 0 Å². The monoisotopic (exact) mass is 373 g/mol. The van der Waals surface area contributed by atoms with E-state index in [2.05, 4.69) is 10.4 Å². The summed E-state index contributed by atoms with van der Waals surface area (Å²) in [6, 6.07) is 6.55. The number of hydrogen-bond acceptors (Lipinski definition) is 6. The van der Waals surface area contributed by atoms with Crippen LogP contribution < -0.4 is 25.1 Å². The Bertz CT molecular complexity index is 889. The molecule has 144 valence electrons. The number of methoxy groups -OCH3 is 3. The number of carbonyl (C=O) groups excluding carboxylic acids is 1. The van der Waals surface area contributed by atoms with Crippen LogP contribution in [0.5, 0.6) is 17.2 Å². The van der Waals surface area contributed by atoms with E-state index in [0.29, 0.717) is 35.3 Å². The van der Waals surface area contributed by atoms with E-state index in [1.807, 2.05) is 0 Å². The molecule has 1 fully saturated rings. The first-order chi connectivity index (χ1) is 13.1. The molecule has 1 aromatic heterocycles. The molecule has 1 aromatic carbocycles. The normalized spacial score (nSPS) is 13.1. The van der Waals surface area contributed by atoms with Gasteiger partial charge in [0, 0.05) is 18.5 Å². The predicted molar refractivity (Wildman–Crippen MR) is 98.9 cm³/mol. The van der Waals surface area contributed by atoms with Crippen molar-refractivity contribution in [3.63, 3.8) is 0 Å². The molecule has 0 spiro atoms. The lowest BCUT2D eigenvalue weighted by Crippen LogP contribution is -2.32. The number of hydrogen-bond donors (Lipinski definition) is 1. The zero-order chi connectivity index (χ0) is 19.4. The second kappa shape index (κ2) is 8.11. The van der Waals surface area contributed by atoms with Crippen LogP contribution in [-0.2, 0) is 6.54 Å². The SMILES string of the molecule is COc1ccc(C(=O)NCCn2nc(C3CC3)ccc2=O)c(OC)c1OC. The lowest BCUT2D eigenvalue weighted by Gasteiger charge is -2.15. The summed E-state index contributed by atoms with van der Waals surface area (Å²) in [5.74, 6) is 1.24. The molecular weight excluding hydrogens is 350 g/mol. The fourth-order valence-electron chi connectivity index (χ4n) is 2.87. The molecule has 0 saturated heterocycles. The Morgan fingerprint density at radius 3 is 2.48 bits per heavy atom. The highest BCUT2D eigenvalue weighted by atomic mass is 16.5. The van der Waals surface area contributed by atoms with Crippen LogP contribution in [0.4, 0.5) is 0 Å². The summed E-state index contributed by atoms with van der Waals surface area (Å²) in [6.45, 7) is 0.554. The van der Waals surface area contributed by atoms with Crippen LogP contribution in [0, 0.1) is 0 Å². The summed E-state index contributed by atoms with van der Waals surface area (Å²) in [6.07, 6.45) is 2.22. The van der Waals surface area contributed by atoms with E-state index in [1.165, 1.54) is 32.1 Å². The molecular formula is C19H23N3O5. The van der Waals surface area contributed by atoms with Crippen molar-refractivity contribution in [3.8, 4) is 17.2 Å². The van der Waals surface area contributed by atoms with E-state index in [0.717, 1.165) is 18.5 Å². The Hall–Kier alpha value is -3.03. The van der Waals surface area contributed by atoms with E-state index in [4.69, 9.17) is 14.2 Å². The van der Waals surface area contributed by atoms with Gasteiger partial charge >= 0.3 is 0 Å². The second-order valence-electron chi connectivity index (χ2n) is 6.23. The molecule has 8 heteroatoms. The molecule has 0 atom stereocenters. The molecule has 1 aliphatic rings. The predicted octanol–water partition coefficient (Wildman–Crippen LogP) is 1.58. The fraction of sp³-hybridized carbons (Fsp3) is 0.421. The van der Waals surface area contributed by atoms with Gasteiger partial charge in [0.25, 0.3) is 11.5 Å². The average Bonchev–Trinajstić information content (AvgIpc) is 3.53. The highest BCUT2D eigenvalue weighted by molar-refractivity contribution is 5.98. The fourth-order valence-corrected chi connectivity index (χ4v) is 2.87. The summed E-state index contributed by atoms with van der Waals surface area (Å²) >= 11 is 0. The van der Waals surface area contributed by atoms with Crippen molar-refractivity contribution in [1.82, 2.24) is 15.1 Å². The lowest BCUT2D eigenvalue weighted by molar-refractivity contribution is 0.0948. The molecule has 1 amide bonds. The van der Waals surface area contributed by atoms with Crippen LogP contribution in [-0.4, -0.2) is 43.6 Å². The maximum atomic E-state index is 12.6. The molecule has 1 heterocycles. The van der Waals surface area contributed by atoms with Crippen molar-refractivity contribution >= 4 is 5.91 Å². The average molecular weight is 373 g/mol. The maximum Gasteiger partial charge on any atom is 0.266 e. The maximum absolute atomic E-state index is 12.6. The molecule has 0 unspecified atom stereocenters. The minimum atomic E-state index is -0.334. The Labute approximate surface area is 157 Å². The molecule has 1 aliphatic carbocycles. The van der Waals surface area contributed by atoms with Crippen molar-refractivity contribution < 1.29 is 19.0 Å². The summed E-state index contributed by atoms with van der Waals surface area (Å²) < 4.78 is 17.2. The summed E-state index contributed by atoms with van der Waals surface area (Å²) in [7, 11) is 4.45. The van der Waals surface area contributed by atoms with Crippen LogP contribution in [0.15, 0.2) is 29.1 Å². The number of benzene rings is 1. The van der Waals surface area contributed by atoms with Gasteiger partial charge in [-0.2, -0.15) is 5.10 Å². The minimum Gasteiger partial charge on any atom is -0.493 e. The third-order valence-corrected chi connectivity index (χ3v) is 4.44. The minimum absolute atomic E-state index is 0.183. The van der Waals surface area contributed by atoms with E-state index in [-0.39, 0.29) is 18.0 Å². The van der Waals surface area contributed by atoms with Crippen molar-refractivity contribution in [2.24, 2.45) is 0 Å². The molecule has 1 N–H and O–H groups in total. The smallest absolute Gasteiger partial charge is 0.266 e. The summed E-state index contributed by atoms with van der Waals surface area (Å²) in [5, 5.41) is 7.17.